The first-order valence-electron chi connectivity index (χ1n) is 13.5. The van der Waals surface area contributed by atoms with E-state index < -0.39 is 12.6 Å². The number of hydrogen-bond acceptors (Lipinski definition) is 6. The van der Waals surface area contributed by atoms with Gasteiger partial charge in [0.1, 0.15) is 11.6 Å². The van der Waals surface area contributed by atoms with Gasteiger partial charge in [-0.15, -0.1) is 24.8 Å². The highest BCUT2D eigenvalue weighted by Gasteiger charge is 2.21. The minimum Gasteiger partial charge on any atom is -0.482 e. The molecule has 1 aliphatic rings. The van der Waals surface area contributed by atoms with Gasteiger partial charge < -0.3 is 31.1 Å². The Hall–Kier alpha value is -4.12. The van der Waals surface area contributed by atoms with Gasteiger partial charge in [0.2, 0.25) is 5.91 Å². The van der Waals surface area contributed by atoms with Crippen molar-refractivity contribution >= 4 is 54.0 Å². The predicted molar refractivity (Wildman–Crippen MR) is 174 cm³/mol. The maximum atomic E-state index is 12.7. The fourth-order valence-corrected chi connectivity index (χ4v) is 5.04. The molecule has 7 N–H and O–H groups in total. The number of likely N-dealkylation sites (tertiary alicyclic amines) is 1. The molecule has 1 amide bonds. The summed E-state index contributed by atoms with van der Waals surface area (Å²) in [6.45, 7) is 3.38. The molecule has 12 heteroatoms. The Bertz CT molecular complexity index is 1430. The number of amidine groups is 2. The molecule has 0 bridgehead atoms. The van der Waals surface area contributed by atoms with Crippen LogP contribution in [-0.4, -0.2) is 59.8 Å². The van der Waals surface area contributed by atoms with Crippen molar-refractivity contribution in [2.24, 2.45) is 5.73 Å². The second-order valence-electron chi connectivity index (χ2n) is 10.1. The van der Waals surface area contributed by atoms with Crippen LogP contribution in [0.3, 0.4) is 0 Å². The quantitative estimate of drug-likeness (QED) is 0.130. The van der Waals surface area contributed by atoms with E-state index in [0.717, 1.165) is 37.1 Å². The number of carboxylic acids is 1. The molecule has 0 radical (unpaired) electrons. The number of hydrogen-bond donors (Lipinski definition) is 6. The Kier molecular flexibility index (Phi) is 13.5. The molecule has 1 heterocycles. The van der Waals surface area contributed by atoms with Crippen LogP contribution in [0.5, 0.6) is 5.75 Å². The molecule has 0 aromatic heterocycles. The normalized spacial score (nSPS) is 12.8. The summed E-state index contributed by atoms with van der Waals surface area (Å²) in [5.41, 5.74) is 10.4. The van der Waals surface area contributed by atoms with Crippen LogP contribution in [0.1, 0.15) is 42.4 Å². The van der Waals surface area contributed by atoms with Gasteiger partial charge in [0.15, 0.2) is 6.61 Å². The minimum absolute atomic E-state index is 0. The summed E-state index contributed by atoms with van der Waals surface area (Å²) in [6.07, 6.45) is 2.01. The molecule has 0 saturated carbocycles. The van der Waals surface area contributed by atoms with Crippen molar-refractivity contribution < 1.29 is 19.4 Å². The van der Waals surface area contributed by atoms with E-state index in [2.05, 4.69) is 27.7 Å². The molecule has 4 rings (SSSR count). The number of nitrogens with one attached hydrogen (secondary N) is 4. The summed E-state index contributed by atoms with van der Waals surface area (Å²) >= 11 is 0. The summed E-state index contributed by atoms with van der Waals surface area (Å²) in [7, 11) is 0. The Morgan fingerprint density at radius 1 is 1.02 bits per heavy atom. The van der Waals surface area contributed by atoms with Gasteiger partial charge in [-0.2, -0.15) is 0 Å². The average Bonchev–Trinajstić information content (AvgIpc) is 2.97. The number of rotatable bonds is 11. The van der Waals surface area contributed by atoms with Gasteiger partial charge >= 0.3 is 5.97 Å². The molecule has 0 spiro atoms. The fourth-order valence-electron chi connectivity index (χ4n) is 5.04. The minimum atomic E-state index is -1.09. The zero-order valence-corrected chi connectivity index (χ0v) is 25.5. The highest BCUT2D eigenvalue weighted by Crippen LogP contribution is 2.32. The monoisotopic (exact) mass is 628 g/mol. The smallest absolute Gasteiger partial charge is 0.341 e. The first kappa shape index (κ1) is 35.1. The highest BCUT2D eigenvalue weighted by molar-refractivity contribution is 5.96. The van der Waals surface area contributed by atoms with Gasteiger partial charge in [-0.05, 0) is 66.6 Å². The lowest BCUT2D eigenvalue weighted by Crippen LogP contribution is -2.36. The Labute approximate surface area is 263 Å². The van der Waals surface area contributed by atoms with E-state index in [9.17, 15) is 9.59 Å². The molecule has 1 fully saturated rings. The van der Waals surface area contributed by atoms with Gasteiger partial charge in [0.05, 0.1) is 12.4 Å². The van der Waals surface area contributed by atoms with Crippen molar-refractivity contribution in [1.29, 1.82) is 10.8 Å². The topological polar surface area (TPSA) is 165 Å². The predicted octanol–water partition coefficient (Wildman–Crippen LogP) is 4.85. The molecule has 43 heavy (non-hydrogen) atoms. The Morgan fingerprint density at radius 3 is 2.33 bits per heavy atom. The van der Waals surface area contributed by atoms with E-state index >= 15 is 0 Å². The third kappa shape index (κ3) is 9.71. The largest absolute Gasteiger partial charge is 0.482 e. The number of nitrogen functional groups attached to an aromatic ring is 1. The van der Waals surface area contributed by atoms with Crippen molar-refractivity contribution in [2.75, 3.05) is 31.6 Å². The third-order valence-corrected chi connectivity index (χ3v) is 7.19. The Balaban J connectivity index is 0.00000323. The zero-order chi connectivity index (χ0) is 29.4. The third-order valence-electron chi connectivity index (χ3n) is 7.19. The Morgan fingerprint density at radius 2 is 1.70 bits per heavy atom. The number of halogens is 2. The lowest BCUT2D eigenvalue weighted by atomic mass is 9.89. The number of amides is 1. The summed E-state index contributed by atoms with van der Waals surface area (Å²) in [4.78, 5) is 26.0. The van der Waals surface area contributed by atoms with E-state index in [1.165, 1.54) is 5.56 Å². The van der Waals surface area contributed by atoms with Crippen molar-refractivity contribution in [2.45, 2.75) is 32.2 Å². The SMILES string of the molecule is CC(=N)N1CCC(c2ccc(NC(=O)CNCc3c(OCC(=O)O)cccc3-c3cccc(C(=N)N)c3)cc2)CC1.Cl.Cl. The van der Waals surface area contributed by atoms with Crippen molar-refractivity contribution in [3.63, 3.8) is 0 Å². The number of aliphatic carboxylic acids is 1. The summed E-state index contributed by atoms with van der Waals surface area (Å²) in [5.74, 6) is 0.0957. The number of anilines is 1. The molecule has 0 unspecified atom stereocenters. The number of carbonyl (C=O) groups excluding carboxylic acids is 1. The van der Waals surface area contributed by atoms with Crippen molar-refractivity contribution in [3.05, 3.63) is 83.4 Å². The lowest BCUT2D eigenvalue weighted by molar-refractivity contribution is -0.139. The van der Waals surface area contributed by atoms with Crippen molar-refractivity contribution in [3.8, 4) is 16.9 Å². The molecule has 3 aromatic carbocycles. The van der Waals surface area contributed by atoms with Gasteiger partial charge in [-0.1, -0.05) is 42.5 Å². The van der Waals surface area contributed by atoms with Gasteiger partial charge in [0.25, 0.3) is 0 Å². The van der Waals surface area contributed by atoms with E-state index in [1.807, 2.05) is 31.2 Å². The van der Waals surface area contributed by atoms with Crippen LogP contribution in [0, 0.1) is 10.8 Å². The van der Waals surface area contributed by atoms with E-state index in [-0.39, 0.29) is 49.6 Å². The van der Waals surface area contributed by atoms with Crippen LogP contribution in [0.25, 0.3) is 11.1 Å². The highest BCUT2D eigenvalue weighted by atomic mass is 35.5. The number of nitrogens with two attached hydrogens (primary N) is 1. The summed E-state index contributed by atoms with van der Waals surface area (Å²) < 4.78 is 5.55. The number of piperidine rings is 1. The number of ether oxygens (including phenoxy) is 1. The van der Waals surface area contributed by atoms with Crippen LogP contribution < -0.4 is 21.1 Å². The van der Waals surface area contributed by atoms with Gasteiger partial charge in [0, 0.05) is 36.4 Å². The van der Waals surface area contributed by atoms with Crippen LogP contribution >= 0.6 is 24.8 Å². The molecule has 0 aliphatic carbocycles. The maximum Gasteiger partial charge on any atom is 0.341 e. The average molecular weight is 630 g/mol. The molecule has 10 nitrogen and oxygen atoms in total. The molecule has 3 aromatic rings. The fraction of sp³-hybridized carbons (Fsp3) is 0.290. The number of benzene rings is 3. The summed E-state index contributed by atoms with van der Waals surface area (Å²) in [5, 5.41) is 30.8. The van der Waals surface area contributed by atoms with E-state index in [1.54, 1.807) is 30.3 Å². The van der Waals surface area contributed by atoms with Crippen LogP contribution in [-0.2, 0) is 16.1 Å². The maximum absolute atomic E-state index is 12.7. The number of carboxylic acid groups (broad SMARTS) is 1. The van der Waals surface area contributed by atoms with E-state index in [4.69, 9.17) is 26.4 Å². The first-order valence-corrected chi connectivity index (χ1v) is 13.5. The number of carbonyl (C=O) groups is 2. The van der Waals surface area contributed by atoms with Crippen LogP contribution in [0.15, 0.2) is 66.7 Å². The molecular formula is C31H38Cl2N6O4. The molecule has 230 valence electrons. The molecule has 0 atom stereocenters. The van der Waals surface area contributed by atoms with Gasteiger partial charge in [-0.3, -0.25) is 15.6 Å². The zero-order valence-electron chi connectivity index (χ0n) is 23.9. The standard InChI is InChI=1S/C31H36N6O4.2ClH/c1-20(32)37-14-12-22(13-15-37)21-8-10-25(11-9-21)36-29(38)18-35-17-27-26(6-3-7-28(27)41-19-30(39)40)23-4-2-5-24(16-23)31(33)34;;/h2-11,16,22,32,35H,12-15,17-19H2,1H3,(H3,33,34)(H,36,38)(H,39,40);2*1H. The van der Waals surface area contributed by atoms with E-state index in [0.29, 0.717) is 34.3 Å². The molecule has 1 aliphatic heterocycles. The van der Waals surface area contributed by atoms with Crippen molar-refractivity contribution in [1.82, 2.24) is 10.2 Å². The lowest BCUT2D eigenvalue weighted by Gasteiger charge is -2.33. The second kappa shape index (κ2) is 16.5. The molecular weight excluding hydrogens is 591 g/mol. The van der Waals surface area contributed by atoms with Crippen LogP contribution in [0.2, 0.25) is 0 Å². The number of nitrogens with zero attached hydrogens (tertiary/aromatic N) is 1. The molecule has 1 saturated heterocycles. The summed E-state index contributed by atoms with van der Waals surface area (Å²) in [6, 6.07) is 20.5. The first-order chi connectivity index (χ1) is 19.7. The van der Waals surface area contributed by atoms with Crippen LogP contribution in [0.4, 0.5) is 5.69 Å². The second-order valence-corrected chi connectivity index (χ2v) is 10.1. The van der Waals surface area contributed by atoms with Gasteiger partial charge in [-0.25, -0.2) is 4.79 Å².